The van der Waals surface area contributed by atoms with Crippen LogP contribution in [-0.2, 0) is 0 Å². The lowest BCUT2D eigenvalue weighted by Crippen LogP contribution is -2.13. The van der Waals surface area contributed by atoms with Gasteiger partial charge in [-0.25, -0.2) is 0 Å². The van der Waals surface area contributed by atoms with E-state index < -0.39 is 0 Å². The number of rotatable bonds is 8. The minimum absolute atomic E-state index is 0.862. The maximum absolute atomic E-state index is 6.69. The van der Waals surface area contributed by atoms with Crippen molar-refractivity contribution in [3.05, 3.63) is 241 Å². The molecule has 0 saturated carbocycles. The van der Waals surface area contributed by atoms with Crippen molar-refractivity contribution in [1.29, 1.82) is 0 Å². The van der Waals surface area contributed by atoms with E-state index in [0.29, 0.717) is 0 Å². The van der Waals surface area contributed by atoms with Gasteiger partial charge in [-0.15, -0.1) is 11.3 Å². The van der Waals surface area contributed by atoms with Gasteiger partial charge in [0.1, 0.15) is 5.58 Å². The molecule has 2 heterocycles. The molecular weight excluding hydrogens is 857 g/mol. The van der Waals surface area contributed by atoms with E-state index in [1.165, 1.54) is 69.7 Å². The van der Waals surface area contributed by atoms with E-state index in [4.69, 9.17) is 4.42 Å². The quantitative estimate of drug-likeness (QED) is 0.142. The normalized spacial score (nSPS) is 11.7. The minimum atomic E-state index is 0.862. The summed E-state index contributed by atoms with van der Waals surface area (Å²) in [6.45, 7) is 6.64. The third-order valence-electron chi connectivity index (χ3n) is 13.9. The molecule has 0 fully saturated rings. The van der Waals surface area contributed by atoms with Crippen molar-refractivity contribution in [2.75, 3.05) is 9.80 Å². The summed E-state index contributed by atoms with van der Waals surface area (Å²) in [5.41, 5.74) is 16.9. The number of hydrogen-bond acceptors (Lipinski definition) is 4. The van der Waals surface area contributed by atoms with Crippen LogP contribution in [0.25, 0.3) is 85.9 Å². The van der Waals surface area contributed by atoms with E-state index >= 15 is 0 Å². The van der Waals surface area contributed by atoms with Crippen LogP contribution in [-0.4, -0.2) is 0 Å². The highest BCUT2D eigenvalue weighted by Gasteiger charge is 2.23. The highest BCUT2D eigenvalue weighted by molar-refractivity contribution is 7.27. The molecule has 0 bridgehead atoms. The molecule has 13 rings (SSSR count). The van der Waals surface area contributed by atoms with Gasteiger partial charge in [0, 0.05) is 59.0 Å². The number of para-hydroxylation sites is 4. The largest absolute Gasteiger partial charge is 0.454 e. The van der Waals surface area contributed by atoms with Crippen molar-refractivity contribution >= 4 is 109 Å². The highest BCUT2D eigenvalue weighted by atomic mass is 32.1. The van der Waals surface area contributed by atoms with Crippen LogP contribution in [0.4, 0.5) is 34.1 Å². The zero-order valence-corrected chi connectivity index (χ0v) is 39.4. The second-order valence-electron chi connectivity index (χ2n) is 18.2. The molecule has 4 heteroatoms. The Morgan fingerprint density at radius 1 is 0.377 bits per heavy atom. The summed E-state index contributed by atoms with van der Waals surface area (Å²) >= 11 is 1.90. The van der Waals surface area contributed by atoms with E-state index in [9.17, 15) is 0 Å². The molecule has 11 aromatic carbocycles. The molecule has 3 nitrogen and oxygen atoms in total. The van der Waals surface area contributed by atoms with Crippen molar-refractivity contribution < 1.29 is 4.42 Å². The van der Waals surface area contributed by atoms with Crippen molar-refractivity contribution in [2.24, 2.45) is 0 Å². The number of thiophene rings is 1. The standard InChI is InChI=1S/C65H46N2OS/c1-41-37-42(2)63(43(3)38-41)66(47-19-8-5-9-20-47)49-34-36-56-61(40-49)69-65-55-35-31-46(39-57(55)51-22-10-11-24-53(51)62(56)65)44-29-32-48(33-30-44)67(58-26-14-12-21-50(58)45-17-6-4-7-18-45)59-27-16-25-54-52-23-13-15-28-60(52)68-64(54)59/h4-40H,1-3H3. The summed E-state index contributed by atoms with van der Waals surface area (Å²) in [4.78, 5) is 4.79. The molecule has 328 valence electrons. The number of nitrogens with zero attached hydrogens (tertiary/aromatic N) is 2. The lowest BCUT2D eigenvalue weighted by molar-refractivity contribution is 0.669. The van der Waals surface area contributed by atoms with Gasteiger partial charge in [-0.05, 0) is 125 Å². The van der Waals surface area contributed by atoms with Crippen molar-refractivity contribution in [3.8, 4) is 22.3 Å². The molecule has 69 heavy (non-hydrogen) atoms. The van der Waals surface area contributed by atoms with E-state index in [-0.39, 0.29) is 0 Å². The third kappa shape index (κ3) is 6.78. The maximum Gasteiger partial charge on any atom is 0.159 e. The lowest BCUT2D eigenvalue weighted by Gasteiger charge is -2.29. The number of benzene rings is 11. The first-order chi connectivity index (χ1) is 34.0. The molecule has 0 saturated heterocycles. The highest BCUT2D eigenvalue weighted by Crippen LogP contribution is 2.49. The zero-order valence-electron chi connectivity index (χ0n) is 38.6. The fourth-order valence-corrected chi connectivity index (χ4v) is 12.2. The Kier molecular flexibility index (Phi) is 9.70. The summed E-state index contributed by atoms with van der Waals surface area (Å²) in [5, 5.41) is 9.91. The average molecular weight is 903 g/mol. The topological polar surface area (TPSA) is 19.6 Å². The molecule has 0 amide bonds. The van der Waals surface area contributed by atoms with Crippen LogP contribution in [0.2, 0.25) is 0 Å². The first kappa shape index (κ1) is 40.8. The molecular formula is C65H46N2OS. The molecule has 0 radical (unpaired) electrons. The molecule has 0 spiro atoms. The molecule has 0 unspecified atom stereocenters. The van der Waals surface area contributed by atoms with Crippen LogP contribution >= 0.6 is 11.3 Å². The number of anilines is 6. The SMILES string of the molecule is Cc1cc(C)c(N(c2ccccc2)c2ccc3c(c2)sc2c4ccc(-c5ccc(N(c6ccccc6-c6ccccc6)c6cccc7c6oc6ccccc67)cc5)cc4c4ccccc4c32)c(C)c1. The number of furan rings is 1. The lowest BCUT2D eigenvalue weighted by atomic mass is 9.94. The van der Waals surface area contributed by atoms with Crippen LogP contribution in [0.1, 0.15) is 16.7 Å². The Morgan fingerprint density at radius 3 is 1.78 bits per heavy atom. The van der Waals surface area contributed by atoms with Gasteiger partial charge < -0.3 is 14.2 Å². The van der Waals surface area contributed by atoms with Crippen molar-refractivity contribution in [3.63, 3.8) is 0 Å². The van der Waals surface area contributed by atoms with Crippen LogP contribution < -0.4 is 9.80 Å². The first-order valence-corrected chi connectivity index (χ1v) is 24.5. The van der Waals surface area contributed by atoms with Gasteiger partial charge in [0.05, 0.1) is 17.1 Å². The summed E-state index contributed by atoms with van der Waals surface area (Å²) < 4.78 is 9.29. The monoisotopic (exact) mass is 902 g/mol. The Balaban J connectivity index is 0.943. The molecule has 2 aromatic heterocycles. The Labute approximate surface area is 405 Å². The zero-order chi connectivity index (χ0) is 46.2. The summed E-state index contributed by atoms with van der Waals surface area (Å²) in [5.74, 6) is 0. The first-order valence-electron chi connectivity index (χ1n) is 23.7. The maximum atomic E-state index is 6.69. The molecule has 0 aliphatic rings. The summed E-state index contributed by atoms with van der Waals surface area (Å²) in [7, 11) is 0. The van der Waals surface area contributed by atoms with Crippen molar-refractivity contribution in [2.45, 2.75) is 20.8 Å². The number of hydrogen-bond donors (Lipinski definition) is 0. The van der Waals surface area contributed by atoms with E-state index in [1.807, 2.05) is 17.4 Å². The number of fused-ring (bicyclic) bond motifs is 11. The Morgan fingerprint density at radius 2 is 0.986 bits per heavy atom. The van der Waals surface area contributed by atoms with Gasteiger partial charge in [-0.2, -0.15) is 0 Å². The van der Waals surface area contributed by atoms with Crippen LogP contribution in [0.5, 0.6) is 0 Å². The molecule has 13 aromatic rings. The van der Waals surface area contributed by atoms with E-state index in [0.717, 1.165) is 67.1 Å². The molecule has 0 N–H and O–H groups in total. The van der Waals surface area contributed by atoms with Gasteiger partial charge in [0.15, 0.2) is 5.58 Å². The predicted octanol–water partition coefficient (Wildman–Crippen LogP) is 19.5. The van der Waals surface area contributed by atoms with Gasteiger partial charge in [0.2, 0.25) is 0 Å². The van der Waals surface area contributed by atoms with E-state index in [2.05, 4.69) is 249 Å². The van der Waals surface area contributed by atoms with Crippen LogP contribution in [0, 0.1) is 20.8 Å². The molecule has 0 atom stereocenters. The summed E-state index contributed by atoms with van der Waals surface area (Å²) in [6.07, 6.45) is 0. The average Bonchev–Trinajstić information content (AvgIpc) is 3.98. The molecule has 0 aliphatic carbocycles. The van der Waals surface area contributed by atoms with Gasteiger partial charge >= 0.3 is 0 Å². The van der Waals surface area contributed by atoms with Gasteiger partial charge in [0.25, 0.3) is 0 Å². The summed E-state index contributed by atoms with van der Waals surface area (Å²) in [6, 6.07) is 81.6. The fourth-order valence-electron chi connectivity index (χ4n) is 10.9. The second kappa shape index (κ2) is 16.4. The van der Waals surface area contributed by atoms with Gasteiger partial charge in [-0.1, -0.05) is 169 Å². The third-order valence-corrected chi connectivity index (χ3v) is 15.1. The number of aryl methyl sites for hydroxylation is 3. The van der Waals surface area contributed by atoms with Crippen LogP contribution in [0.15, 0.2) is 229 Å². The van der Waals surface area contributed by atoms with Gasteiger partial charge in [-0.3, -0.25) is 0 Å². The Bertz CT molecular complexity index is 4090. The second-order valence-corrected chi connectivity index (χ2v) is 19.3. The minimum Gasteiger partial charge on any atom is -0.454 e. The van der Waals surface area contributed by atoms with Crippen molar-refractivity contribution in [1.82, 2.24) is 0 Å². The fraction of sp³-hybridized carbons (Fsp3) is 0.0462. The molecule has 0 aliphatic heterocycles. The predicted molar refractivity (Wildman–Crippen MR) is 296 cm³/mol. The van der Waals surface area contributed by atoms with Crippen LogP contribution in [0.3, 0.4) is 0 Å². The smallest absolute Gasteiger partial charge is 0.159 e. The Hall–Kier alpha value is -8.44. The van der Waals surface area contributed by atoms with E-state index in [1.54, 1.807) is 0 Å².